The van der Waals surface area contributed by atoms with Crippen LogP contribution in [0.25, 0.3) is 0 Å². The van der Waals surface area contributed by atoms with E-state index in [0.717, 1.165) is 19.5 Å². The highest BCUT2D eigenvalue weighted by atomic mass is 32.2. The van der Waals surface area contributed by atoms with Gasteiger partial charge in [-0.15, -0.1) is 0 Å². The number of hydrogen-bond acceptors (Lipinski definition) is 5. The molecule has 1 amide bonds. The molecule has 0 saturated carbocycles. The molecule has 1 atom stereocenters. The SMILES string of the molecule is COC(=O)/C=C1/SCC(=O)N1CCCN1CCCC1c1ccccc1. The minimum Gasteiger partial charge on any atom is -0.466 e. The van der Waals surface area contributed by atoms with E-state index in [9.17, 15) is 9.59 Å². The van der Waals surface area contributed by atoms with Crippen LogP contribution in [0, 0.1) is 0 Å². The molecule has 0 N–H and O–H groups in total. The summed E-state index contributed by atoms with van der Waals surface area (Å²) in [5.41, 5.74) is 1.37. The van der Waals surface area contributed by atoms with Gasteiger partial charge in [0.05, 0.1) is 24.0 Å². The van der Waals surface area contributed by atoms with E-state index < -0.39 is 5.97 Å². The van der Waals surface area contributed by atoms with Crippen LogP contribution in [-0.4, -0.2) is 54.2 Å². The van der Waals surface area contributed by atoms with Crippen LogP contribution in [0.1, 0.15) is 30.9 Å². The zero-order valence-electron chi connectivity index (χ0n) is 14.5. The van der Waals surface area contributed by atoms with Gasteiger partial charge in [0.1, 0.15) is 0 Å². The molecule has 2 aliphatic rings. The zero-order valence-corrected chi connectivity index (χ0v) is 15.3. The second-order valence-corrected chi connectivity index (χ2v) is 7.29. The molecule has 1 aromatic rings. The Kier molecular flexibility index (Phi) is 6.15. The Morgan fingerprint density at radius 3 is 2.88 bits per heavy atom. The lowest BCUT2D eigenvalue weighted by atomic mass is 10.0. The highest BCUT2D eigenvalue weighted by molar-refractivity contribution is 8.04. The van der Waals surface area contributed by atoms with Crippen molar-refractivity contribution in [3.05, 3.63) is 47.0 Å². The number of esters is 1. The Labute approximate surface area is 153 Å². The van der Waals surface area contributed by atoms with E-state index in [2.05, 4.69) is 40.0 Å². The van der Waals surface area contributed by atoms with Crippen molar-refractivity contribution in [1.82, 2.24) is 9.80 Å². The van der Waals surface area contributed by atoms with Gasteiger partial charge in [-0.1, -0.05) is 42.1 Å². The lowest BCUT2D eigenvalue weighted by Crippen LogP contribution is -2.30. The number of thioether (sulfide) groups is 1. The monoisotopic (exact) mass is 360 g/mol. The number of rotatable bonds is 6. The Morgan fingerprint density at radius 1 is 1.32 bits per heavy atom. The van der Waals surface area contributed by atoms with E-state index in [1.54, 1.807) is 4.90 Å². The van der Waals surface area contributed by atoms with Crippen LogP contribution in [0.15, 0.2) is 41.4 Å². The molecule has 0 aliphatic carbocycles. The molecule has 5 nitrogen and oxygen atoms in total. The molecule has 25 heavy (non-hydrogen) atoms. The third-order valence-corrected chi connectivity index (χ3v) is 5.75. The molecule has 2 aliphatic heterocycles. The van der Waals surface area contributed by atoms with Crippen LogP contribution < -0.4 is 0 Å². The van der Waals surface area contributed by atoms with Crippen molar-refractivity contribution in [2.45, 2.75) is 25.3 Å². The van der Waals surface area contributed by atoms with E-state index in [4.69, 9.17) is 0 Å². The maximum Gasteiger partial charge on any atom is 0.333 e. The first-order valence-electron chi connectivity index (χ1n) is 8.71. The van der Waals surface area contributed by atoms with Crippen LogP contribution in [-0.2, 0) is 14.3 Å². The van der Waals surface area contributed by atoms with Crippen molar-refractivity contribution < 1.29 is 14.3 Å². The topological polar surface area (TPSA) is 49.9 Å². The normalized spacial score (nSPS) is 22.8. The van der Waals surface area contributed by atoms with Crippen molar-refractivity contribution in [2.75, 3.05) is 32.5 Å². The fourth-order valence-corrected chi connectivity index (χ4v) is 4.46. The first kappa shape index (κ1) is 18.0. The van der Waals surface area contributed by atoms with Gasteiger partial charge < -0.3 is 9.64 Å². The van der Waals surface area contributed by atoms with E-state index in [0.29, 0.717) is 23.4 Å². The van der Waals surface area contributed by atoms with Gasteiger partial charge in [-0.2, -0.15) is 0 Å². The summed E-state index contributed by atoms with van der Waals surface area (Å²) in [5.74, 6) is 0.0613. The predicted octanol–water partition coefficient (Wildman–Crippen LogP) is 2.80. The molecule has 2 fully saturated rings. The minimum absolute atomic E-state index is 0.0705. The maximum absolute atomic E-state index is 12.1. The minimum atomic E-state index is -0.411. The summed E-state index contributed by atoms with van der Waals surface area (Å²) in [4.78, 5) is 27.7. The number of hydrogen-bond donors (Lipinski definition) is 0. The number of nitrogens with zero attached hydrogens (tertiary/aromatic N) is 2. The molecule has 134 valence electrons. The van der Waals surface area contributed by atoms with Gasteiger partial charge in [0.15, 0.2) is 0 Å². The third kappa shape index (κ3) is 4.44. The van der Waals surface area contributed by atoms with Gasteiger partial charge in [0, 0.05) is 19.1 Å². The number of ether oxygens (including phenoxy) is 1. The Bertz CT molecular complexity index is 647. The average Bonchev–Trinajstić information content (AvgIpc) is 3.24. The summed E-state index contributed by atoms with van der Waals surface area (Å²) >= 11 is 1.41. The van der Waals surface area contributed by atoms with Crippen LogP contribution in [0.5, 0.6) is 0 Å². The zero-order chi connectivity index (χ0) is 17.6. The van der Waals surface area contributed by atoms with Gasteiger partial charge in [-0.25, -0.2) is 4.79 Å². The molecule has 2 heterocycles. The number of carbonyl (C=O) groups is 2. The van der Waals surface area contributed by atoms with Crippen molar-refractivity contribution >= 4 is 23.6 Å². The predicted molar refractivity (Wildman–Crippen MR) is 98.9 cm³/mol. The van der Waals surface area contributed by atoms with Gasteiger partial charge in [-0.3, -0.25) is 9.69 Å². The smallest absolute Gasteiger partial charge is 0.333 e. The average molecular weight is 360 g/mol. The van der Waals surface area contributed by atoms with E-state index in [-0.39, 0.29) is 5.91 Å². The van der Waals surface area contributed by atoms with Crippen LogP contribution >= 0.6 is 11.8 Å². The van der Waals surface area contributed by atoms with Crippen molar-refractivity contribution in [1.29, 1.82) is 0 Å². The van der Waals surface area contributed by atoms with Crippen molar-refractivity contribution in [2.24, 2.45) is 0 Å². The van der Waals surface area contributed by atoms with Crippen LogP contribution in [0.2, 0.25) is 0 Å². The summed E-state index contributed by atoms with van der Waals surface area (Å²) in [7, 11) is 1.35. The number of amides is 1. The first-order chi connectivity index (χ1) is 12.2. The van der Waals surface area contributed by atoms with Crippen LogP contribution in [0.3, 0.4) is 0 Å². The Morgan fingerprint density at radius 2 is 2.12 bits per heavy atom. The highest BCUT2D eigenvalue weighted by Crippen LogP contribution is 2.32. The number of benzene rings is 1. The molecule has 0 aromatic heterocycles. The summed E-state index contributed by atoms with van der Waals surface area (Å²) < 4.78 is 4.67. The lowest BCUT2D eigenvalue weighted by molar-refractivity contribution is -0.134. The quantitative estimate of drug-likeness (QED) is 0.577. The molecular formula is C19H24N2O3S. The van der Waals surface area contributed by atoms with Gasteiger partial charge in [0.2, 0.25) is 5.91 Å². The van der Waals surface area contributed by atoms with E-state index in [1.807, 2.05) is 0 Å². The maximum atomic E-state index is 12.1. The van der Waals surface area contributed by atoms with Gasteiger partial charge >= 0.3 is 5.97 Å². The molecule has 6 heteroatoms. The molecule has 0 radical (unpaired) electrons. The fraction of sp³-hybridized carbons (Fsp3) is 0.474. The number of carbonyl (C=O) groups excluding carboxylic acids is 2. The summed E-state index contributed by atoms with van der Waals surface area (Å²) in [6.07, 6.45) is 4.72. The van der Waals surface area contributed by atoms with E-state index in [1.165, 1.54) is 43.4 Å². The van der Waals surface area contributed by atoms with Crippen molar-refractivity contribution in [3.63, 3.8) is 0 Å². The third-order valence-electron chi connectivity index (χ3n) is 4.73. The fourth-order valence-electron chi connectivity index (χ4n) is 3.51. The summed E-state index contributed by atoms with van der Waals surface area (Å²) in [6, 6.07) is 11.1. The van der Waals surface area contributed by atoms with E-state index >= 15 is 0 Å². The summed E-state index contributed by atoms with van der Waals surface area (Å²) in [5, 5.41) is 0.706. The molecule has 0 spiro atoms. The second kappa shape index (κ2) is 8.54. The molecule has 1 aromatic carbocycles. The largest absolute Gasteiger partial charge is 0.466 e. The first-order valence-corrected chi connectivity index (χ1v) is 9.69. The number of likely N-dealkylation sites (tertiary alicyclic amines) is 1. The van der Waals surface area contributed by atoms with Crippen LogP contribution in [0.4, 0.5) is 0 Å². The van der Waals surface area contributed by atoms with Crippen molar-refractivity contribution in [3.8, 4) is 0 Å². The number of methoxy groups -OCH3 is 1. The molecule has 0 bridgehead atoms. The molecule has 2 saturated heterocycles. The lowest BCUT2D eigenvalue weighted by Gasteiger charge is -2.26. The molecular weight excluding hydrogens is 336 g/mol. The summed E-state index contributed by atoms with van der Waals surface area (Å²) in [6.45, 7) is 2.71. The second-order valence-electron chi connectivity index (χ2n) is 6.30. The molecule has 1 unspecified atom stereocenters. The highest BCUT2D eigenvalue weighted by Gasteiger charge is 2.29. The van der Waals surface area contributed by atoms with Gasteiger partial charge in [0.25, 0.3) is 0 Å². The standard InChI is InChI=1S/C19H24N2O3S/c1-24-19(23)13-18-21(17(22)14-25-18)12-6-11-20-10-5-9-16(20)15-7-3-2-4-8-15/h2-4,7-8,13,16H,5-6,9-12,14H2,1H3/b18-13+. The molecule has 3 rings (SSSR count). The Hall–Kier alpha value is -1.79. The Balaban J connectivity index is 1.55. The van der Waals surface area contributed by atoms with Gasteiger partial charge in [-0.05, 0) is 31.4 Å².